The van der Waals surface area contributed by atoms with Crippen LogP contribution in [0.1, 0.15) is 24.5 Å². The van der Waals surface area contributed by atoms with Crippen molar-refractivity contribution >= 4 is 21.9 Å². The van der Waals surface area contributed by atoms with Gasteiger partial charge in [-0.25, -0.2) is 9.18 Å². The number of rotatable bonds is 3. The van der Waals surface area contributed by atoms with E-state index in [0.29, 0.717) is 11.2 Å². The summed E-state index contributed by atoms with van der Waals surface area (Å²) < 4.78 is 24.4. The van der Waals surface area contributed by atoms with Crippen molar-refractivity contribution in [3.8, 4) is 11.1 Å². The summed E-state index contributed by atoms with van der Waals surface area (Å²) in [5.41, 5.74) is 4.47. The van der Waals surface area contributed by atoms with Crippen molar-refractivity contribution in [1.82, 2.24) is 0 Å². The molecule has 0 bridgehead atoms. The molecule has 0 saturated heterocycles. The smallest absolute Gasteiger partial charge is 0.336 e. The summed E-state index contributed by atoms with van der Waals surface area (Å²) >= 11 is 0. The van der Waals surface area contributed by atoms with Gasteiger partial charge < -0.3 is 8.83 Å². The molecule has 4 rings (SSSR count). The van der Waals surface area contributed by atoms with E-state index >= 15 is 0 Å². The summed E-state index contributed by atoms with van der Waals surface area (Å²) in [4.78, 5) is 11.9. The molecule has 0 spiro atoms. The first-order chi connectivity index (χ1) is 12.1. The maximum Gasteiger partial charge on any atom is 0.336 e. The first-order valence-electron chi connectivity index (χ1n) is 8.32. The molecular weight excluding hydrogens is 319 g/mol. The van der Waals surface area contributed by atoms with Crippen LogP contribution in [-0.4, -0.2) is 0 Å². The van der Waals surface area contributed by atoms with Gasteiger partial charge in [0.05, 0.1) is 6.26 Å². The van der Waals surface area contributed by atoms with E-state index in [2.05, 4.69) is 6.92 Å². The van der Waals surface area contributed by atoms with Gasteiger partial charge in [-0.05, 0) is 42.7 Å². The first-order valence-corrected chi connectivity index (χ1v) is 8.32. The molecule has 0 N–H and O–H groups in total. The molecule has 2 heterocycles. The summed E-state index contributed by atoms with van der Waals surface area (Å²) in [6.45, 7) is 3.97. The van der Waals surface area contributed by atoms with E-state index in [1.54, 1.807) is 24.5 Å². The molecule has 2 aromatic heterocycles. The van der Waals surface area contributed by atoms with Crippen LogP contribution >= 0.6 is 0 Å². The lowest BCUT2D eigenvalue weighted by Crippen LogP contribution is -2.01. The Bertz CT molecular complexity index is 1130. The van der Waals surface area contributed by atoms with Gasteiger partial charge in [-0.3, -0.25) is 0 Å². The minimum absolute atomic E-state index is 0.273. The second-order valence-electron chi connectivity index (χ2n) is 6.25. The molecule has 25 heavy (non-hydrogen) atoms. The molecule has 0 unspecified atom stereocenters. The molecule has 0 aliphatic heterocycles. The fourth-order valence-corrected chi connectivity index (χ4v) is 3.37. The van der Waals surface area contributed by atoms with Gasteiger partial charge >= 0.3 is 5.63 Å². The minimum atomic E-state index is -0.344. The van der Waals surface area contributed by atoms with E-state index in [1.165, 1.54) is 12.1 Å². The highest BCUT2D eigenvalue weighted by Crippen LogP contribution is 2.37. The molecule has 0 amide bonds. The lowest BCUT2D eigenvalue weighted by molar-refractivity contribution is 0.554. The molecule has 0 atom stereocenters. The highest BCUT2D eigenvalue weighted by atomic mass is 19.1. The number of benzene rings is 2. The zero-order valence-electron chi connectivity index (χ0n) is 14.1. The van der Waals surface area contributed by atoms with E-state index in [9.17, 15) is 9.18 Å². The first kappa shape index (κ1) is 15.6. The molecule has 4 aromatic rings. The Morgan fingerprint density at radius 2 is 1.80 bits per heavy atom. The number of furan rings is 1. The molecule has 3 nitrogen and oxygen atoms in total. The largest absolute Gasteiger partial charge is 0.463 e. The van der Waals surface area contributed by atoms with Crippen molar-refractivity contribution in [2.24, 2.45) is 0 Å². The number of hydrogen-bond donors (Lipinski definition) is 0. The maximum absolute atomic E-state index is 13.2. The van der Waals surface area contributed by atoms with Crippen LogP contribution in [0.2, 0.25) is 0 Å². The van der Waals surface area contributed by atoms with Crippen LogP contribution in [0, 0.1) is 12.7 Å². The topological polar surface area (TPSA) is 43.4 Å². The van der Waals surface area contributed by atoms with Crippen LogP contribution in [0.4, 0.5) is 4.39 Å². The van der Waals surface area contributed by atoms with Gasteiger partial charge in [-0.1, -0.05) is 25.5 Å². The quantitative estimate of drug-likeness (QED) is 0.457. The zero-order chi connectivity index (χ0) is 17.6. The summed E-state index contributed by atoms with van der Waals surface area (Å²) in [5.74, 6) is -0.273. The average molecular weight is 336 g/mol. The summed E-state index contributed by atoms with van der Waals surface area (Å²) in [5, 5.41) is 1.86. The fraction of sp³-hybridized carbons (Fsp3) is 0.190. The zero-order valence-corrected chi connectivity index (χ0v) is 14.1. The van der Waals surface area contributed by atoms with Crippen molar-refractivity contribution < 1.29 is 13.2 Å². The SMILES string of the molecule is CCCc1cc(=O)oc2c(C)c3occ(-c4ccc(F)cc4)c3cc12. The van der Waals surface area contributed by atoms with Gasteiger partial charge in [0.1, 0.15) is 17.0 Å². The van der Waals surface area contributed by atoms with E-state index in [1.807, 2.05) is 13.0 Å². The minimum Gasteiger partial charge on any atom is -0.463 e. The third-order valence-electron chi connectivity index (χ3n) is 4.56. The highest BCUT2D eigenvalue weighted by Gasteiger charge is 2.17. The molecule has 0 radical (unpaired) electrons. The molecule has 0 aliphatic carbocycles. The molecule has 0 saturated carbocycles. The number of halogens is 1. The molecular formula is C21H17FO3. The van der Waals surface area contributed by atoms with Crippen LogP contribution in [0.3, 0.4) is 0 Å². The Balaban J connectivity index is 2.06. The van der Waals surface area contributed by atoms with E-state index in [0.717, 1.165) is 45.9 Å². The van der Waals surface area contributed by atoms with Crippen LogP contribution in [0.5, 0.6) is 0 Å². The molecule has 126 valence electrons. The van der Waals surface area contributed by atoms with Gasteiger partial charge in [0.25, 0.3) is 0 Å². The molecule has 4 heteroatoms. The van der Waals surface area contributed by atoms with Crippen molar-refractivity contribution in [2.75, 3.05) is 0 Å². The molecule has 0 fully saturated rings. The molecule has 0 aliphatic rings. The standard InChI is InChI=1S/C21H17FO3/c1-3-4-14-9-19(23)25-21-12(2)20-17(10-16(14)21)18(11-24-20)13-5-7-15(22)8-6-13/h5-11H,3-4H2,1-2H3. The molecule has 2 aromatic carbocycles. The number of fused-ring (bicyclic) bond motifs is 2. The van der Waals surface area contributed by atoms with Gasteiger partial charge in [-0.2, -0.15) is 0 Å². The normalized spacial score (nSPS) is 11.5. The Labute approximate surface area is 143 Å². The highest BCUT2D eigenvalue weighted by molar-refractivity contribution is 6.04. The summed E-state index contributed by atoms with van der Waals surface area (Å²) in [7, 11) is 0. The van der Waals surface area contributed by atoms with Crippen LogP contribution < -0.4 is 5.63 Å². The van der Waals surface area contributed by atoms with Crippen LogP contribution in [-0.2, 0) is 6.42 Å². The van der Waals surface area contributed by atoms with Gasteiger partial charge in [0.2, 0.25) is 0 Å². The third-order valence-corrected chi connectivity index (χ3v) is 4.56. The van der Waals surface area contributed by atoms with Crippen molar-refractivity contribution in [3.05, 3.63) is 70.0 Å². The summed E-state index contributed by atoms with van der Waals surface area (Å²) in [6, 6.07) is 9.91. The van der Waals surface area contributed by atoms with Gasteiger partial charge in [0.15, 0.2) is 0 Å². The van der Waals surface area contributed by atoms with Crippen molar-refractivity contribution in [3.63, 3.8) is 0 Å². The van der Waals surface area contributed by atoms with Crippen LogP contribution in [0.15, 0.2) is 56.3 Å². The van der Waals surface area contributed by atoms with E-state index < -0.39 is 0 Å². The Morgan fingerprint density at radius 1 is 1.04 bits per heavy atom. The second-order valence-corrected chi connectivity index (χ2v) is 6.25. The van der Waals surface area contributed by atoms with Crippen LogP contribution in [0.25, 0.3) is 33.1 Å². The Hall–Kier alpha value is -2.88. The predicted octanol–water partition coefficient (Wildman–Crippen LogP) is 5.61. The Kier molecular flexibility index (Phi) is 3.68. The lowest BCUT2D eigenvalue weighted by Gasteiger charge is -2.08. The monoisotopic (exact) mass is 336 g/mol. The summed E-state index contributed by atoms with van der Waals surface area (Å²) in [6.07, 6.45) is 3.41. The Morgan fingerprint density at radius 3 is 2.52 bits per heavy atom. The lowest BCUT2D eigenvalue weighted by atomic mass is 9.98. The van der Waals surface area contributed by atoms with E-state index in [4.69, 9.17) is 8.83 Å². The predicted molar refractivity (Wildman–Crippen MR) is 96.4 cm³/mol. The van der Waals surface area contributed by atoms with Crippen molar-refractivity contribution in [2.45, 2.75) is 26.7 Å². The fourth-order valence-electron chi connectivity index (χ4n) is 3.37. The average Bonchev–Trinajstić information content (AvgIpc) is 3.01. The van der Waals surface area contributed by atoms with E-state index in [-0.39, 0.29) is 11.4 Å². The number of hydrogen-bond acceptors (Lipinski definition) is 3. The second kappa shape index (κ2) is 5.88. The van der Waals surface area contributed by atoms with Crippen molar-refractivity contribution in [1.29, 1.82) is 0 Å². The van der Waals surface area contributed by atoms with Gasteiger partial charge in [-0.15, -0.1) is 0 Å². The van der Waals surface area contributed by atoms with Gasteiger partial charge in [0, 0.05) is 28.0 Å². The third kappa shape index (κ3) is 2.54. The maximum atomic E-state index is 13.2. The number of aryl methyl sites for hydroxylation is 2.